The van der Waals surface area contributed by atoms with Gasteiger partial charge in [-0.25, -0.2) is 0 Å². The fourth-order valence-electron chi connectivity index (χ4n) is 6.05. The molecule has 4 saturated carbocycles. The van der Waals surface area contributed by atoms with Crippen LogP contribution in [0.5, 0.6) is 0 Å². The first-order valence-electron chi connectivity index (χ1n) is 6.55. The van der Waals surface area contributed by atoms with Crippen molar-refractivity contribution in [2.75, 3.05) is 6.61 Å². The Bertz CT molecular complexity index is 314. The predicted molar refractivity (Wildman–Crippen MR) is 58.1 cm³/mol. The lowest BCUT2D eigenvalue weighted by atomic mass is 9.55. The number of hydrogen-bond donors (Lipinski definition) is 2. The van der Waals surface area contributed by atoms with Crippen molar-refractivity contribution in [3.05, 3.63) is 0 Å². The van der Waals surface area contributed by atoms with Crippen LogP contribution in [0, 0.1) is 28.6 Å². The summed E-state index contributed by atoms with van der Waals surface area (Å²) < 4.78 is 0. The Morgan fingerprint density at radius 2 is 2.07 bits per heavy atom. The normalized spacial score (nSPS) is 61.6. The van der Waals surface area contributed by atoms with Gasteiger partial charge in [-0.3, -0.25) is 0 Å². The molecule has 4 fully saturated rings. The molecule has 0 aromatic heterocycles. The highest BCUT2D eigenvalue weighted by molar-refractivity contribution is 5.21. The summed E-state index contributed by atoms with van der Waals surface area (Å²) in [6.07, 6.45) is 8.48. The minimum atomic E-state index is 0.0570. The highest BCUT2D eigenvalue weighted by atomic mass is 16.3. The summed E-state index contributed by atoms with van der Waals surface area (Å²) >= 11 is 0. The van der Waals surface area contributed by atoms with Gasteiger partial charge in [0.2, 0.25) is 0 Å². The third-order valence-corrected chi connectivity index (χ3v) is 6.49. The second-order valence-electron chi connectivity index (χ2n) is 6.91. The Kier molecular flexibility index (Phi) is 1.46. The molecule has 0 heterocycles. The van der Waals surface area contributed by atoms with Crippen molar-refractivity contribution in [3.63, 3.8) is 0 Å². The van der Waals surface area contributed by atoms with Gasteiger partial charge in [0, 0.05) is 6.04 Å². The van der Waals surface area contributed by atoms with Crippen LogP contribution < -0.4 is 5.73 Å². The van der Waals surface area contributed by atoms with Crippen molar-refractivity contribution < 1.29 is 5.11 Å². The fraction of sp³-hybridized carbons (Fsp3) is 1.00. The average molecular weight is 207 g/mol. The van der Waals surface area contributed by atoms with Crippen molar-refractivity contribution in [1.29, 1.82) is 0 Å². The Morgan fingerprint density at radius 3 is 2.87 bits per heavy atom. The fourth-order valence-corrected chi connectivity index (χ4v) is 6.05. The molecule has 84 valence electrons. The topological polar surface area (TPSA) is 46.2 Å². The Labute approximate surface area is 91.2 Å². The van der Waals surface area contributed by atoms with E-state index < -0.39 is 0 Å². The molecule has 0 aliphatic heterocycles. The van der Waals surface area contributed by atoms with Crippen LogP contribution in [-0.4, -0.2) is 17.8 Å². The molecule has 1 spiro atoms. The number of rotatable bonds is 2. The van der Waals surface area contributed by atoms with E-state index in [0.29, 0.717) is 5.41 Å². The van der Waals surface area contributed by atoms with Gasteiger partial charge in [0.05, 0.1) is 6.61 Å². The van der Waals surface area contributed by atoms with Gasteiger partial charge < -0.3 is 10.8 Å². The van der Waals surface area contributed by atoms with Gasteiger partial charge in [-0.15, -0.1) is 0 Å². The second kappa shape index (κ2) is 2.43. The van der Waals surface area contributed by atoms with Crippen LogP contribution in [0.1, 0.15) is 38.5 Å². The summed E-state index contributed by atoms with van der Waals surface area (Å²) in [6, 6.07) is 0.0570. The van der Waals surface area contributed by atoms with Crippen molar-refractivity contribution in [2.45, 2.75) is 44.6 Å². The summed E-state index contributed by atoms with van der Waals surface area (Å²) in [5.41, 5.74) is 7.26. The van der Waals surface area contributed by atoms with Crippen LogP contribution in [0.4, 0.5) is 0 Å². The number of hydrogen-bond acceptors (Lipinski definition) is 2. The minimum Gasteiger partial charge on any atom is -0.395 e. The van der Waals surface area contributed by atoms with E-state index in [0.717, 1.165) is 23.2 Å². The number of aliphatic hydroxyl groups is 1. The maximum absolute atomic E-state index is 9.37. The van der Waals surface area contributed by atoms with Crippen LogP contribution in [0.15, 0.2) is 0 Å². The summed E-state index contributed by atoms with van der Waals surface area (Å²) in [6.45, 7) is 0.195. The van der Waals surface area contributed by atoms with E-state index in [1.165, 1.54) is 38.5 Å². The molecule has 2 nitrogen and oxygen atoms in total. The molecule has 3 bridgehead atoms. The first-order valence-corrected chi connectivity index (χ1v) is 6.55. The van der Waals surface area contributed by atoms with Crippen LogP contribution >= 0.6 is 0 Å². The van der Waals surface area contributed by atoms with E-state index in [4.69, 9.17) is 5.73 Å². The maximum Gasteiger partial charge on any atom is 0.0587 e. The average Bonchev–Trinajstić information content (AvgIpc) is 2.54. The zero-order valence-electron chi connectivity index (χ0n) is 9.28. The molecule has 0 aromatic rings. The van der Waals surface area contributed by atoms with Gasteiger partial charge in [0.15, 0.2) is 0 Å². The Hall–Kier alpha value is -0.0800. The van der Waals surface area contributed by atoms with Gasteiger partial charge >= 0.3 is 0 Å². The van der Waals surface area contributed by atoms with Gasteiger partial charge in [-0.05, 0) is 67.1 Å². The Morgan fingerprint density at radius 1 is 1.20 bits per heavy atom. The summed E-state index contributed by atoms with van der Waals surface area (Å²) in [5, 5.41) is 9.37. The molecule has 4 aliphatic rings. The standard InChI is InChI=1S/C13H21NO/c14-11(6-15)12-3-8-1-9-2-10(5-12)13(9,4-8)7-12/h8-11,15H,1-7,14H2. The van der Waals surface area contributed by atoms with Crippen LogP contribution in [0.25, 0.3) is 0 Å². The monoisotopic (exact) mass is 207 g/mol. The molecule has 6 unspecified atom stereocenters. The zero-order valence-corrected chi connectivity index (χ0v) is 9.28. The van der Waals surface area contributed by atoms with Gasteiger partial charge in [0.25, 0.3) is 0 Å². The molecule has 4 aliphatic carbocycles. The predicted octanol–water partition coefficient (Wildman–Crippen LogP) is 1.52. The maximum atomic E-state index is 9.37. The largest absolute Gasteiger partial charge is 0.395 e. The molecule has 0 aromatic carbocycles. The van der Waals surface area contributed by atoms with Crippen LogP contribution in [-0.2, 0) is 0 Å². The Balaban J connectivity index is 1.75. The third kappa shape index (κ3) is 0.826. The van der Waals surface area contributed by atoms with Crippen molar-refractivity contribution >= 4 is 0 Å². The highest BCUT2D eigenvalue weighted by Crippen LogP contribution is 2.79. The van der Waals surface area contributed by atoms with Gasteiger partial charge in [0.1, 0.15) is 0 Å². The first-order chi connectivity index (χ1) is 7.18. The first kappa shape index (κ1) is 9.00. The third-order valence-electron chi connectivity index (χ3n) is 6.49. The molecular weight excluding hydrogens is 186 g/mol. The van der Waals surface area contributed by atoms with E-state index in [9.17, 15) is 5.11 Å². The van der Waals surface area contributed by atoms with E-state index in [-0.39, 0.29) is 12.6 Å². The van der Waals surface area contributed by atoms with Gasteiger partial charge in [-0.1, -0.05) is 0 Å². The van der Waals surface area contributed by atoms with Crippen molar-refractivity contribution in [2.24, 2.45) is 34.3 Å². The van der Waals surface area contributed by atoms with E-state index in [1.807, 2.05) is 0 Å². The molecule has 2 heteroatoms. The van der Waals surface area contributed by atoms with Crippen molar-refractivity contribution in [3.8, 4) is 0 Å². The molecule has 4 rings (SSSR count). The van der Waals surface area contributed by atoms with Crippen LogP contribution in [0.3, 0.4) is 0 Å². The summed E-state index contributed by atoms with van der Waals surface area (Å²) in [7, 11) is 0. The lowest BCUT2D eigenvalue weighted by molar-refractivity contribution is -0.00525. The van der Waals surface area contributed by atoms with E-state index in [2.05, 4.69) is 0 Å². The molecule has 0 saturated heterocycles. The molecular formula is C13H21NO. The lowest BCUT2D eigenvalue weighted by Gasteiger charge is -2.49. The molecule has 0 amide bonds. The summed E-state index contributed by atoms with van der Waals surface area (Å²) in [5.74, 6) is 2.98. The van der Waals surface area contributed by atoms with Crippen molar-refractivity contribution in [1.82, 2.24) is 0 Å². The molecule has 0 radical (unpaired) electrons. The highest BCUT2D eigenvalue weighted by Gasteiger charge is 2.71. The second-order valence-corrected chi connectivity index (χ2v) is 6.91. The SMILES string of the molecule is NC(CO)C12CC3CC4CC(C1)C4(C3)C2. The molecule has 6 atom stereocenters. The lowest BCUT2D eigenvalue weighted by Crippen LogP contribution is -2.46. The number of nitrogens with two attached hydrogens (primary N) is 1. The molecule has 15 heavy (non-hydrogen) atoms. The zero-order chi connectivity index (χ0) is 10.3. The number of aliphatic hydroxyl groups excluding tert-OH is 1. The van der Waals surface area contributed by atoms with Crippen LogP contribution in [0.2, 0.25) is 0 Å². The quantitative estimate of drug-likeness (QED) is 0.721. The number of fused-ring (bicyclic) bond motifs is 2. The minimum absolute atomic E-state index is 0.0570. The summed E-state index contributed by atoms with van der Waals surface area (Å²) in [4.78, 5) is 0. The smallest absolute Gasteiger partial charge is 0.0587 e. The van der Waals surface area contributed by atoms with E-state index in [1.54, 1.807) is 0 Å². The van der Waals surface area contributed by atoms with E-state index >= 15 is 0 Å². The van der Waals surface area contributed by atoms with Gasteiger partial charge in [-0.2, -0.15) is 0 Å². The molecule has 3 N–H and O–H groups in total.